The molecule has 0 unspecified atom stereocenters. The Kier molecular flexibility index (Phi) is 3.03. The van der Waals surface area contributed by atoms with Gasteiger partial charge in [0, 0.05) is 13.0 Å². The lowest BCUT2D eigenvalue weighted by Crippen LogP contribution is -2.64. The molecule has 3 heterocycles. The van der Waals surface area contributed by atoms with Gasteiger partial charge in [0.05, 0.1) is 12.7 Å². The van der Waals surface area contributed by atoms with Crippen LogP contribution in [0.1, 0.15) is 46.0 Å². The van der Waals surface area contributed by atoms with Crippen molar-refractivity contribution in [3.63, 3.8) is 0 Å². The molecule has 1 aliphatic carbocycles. The van der Waals surface area contributed by atoms with E-state index in [-0.39, 0.29) is 17.4 Å². The Hall–Kier alpha value is -2.11. The van der Waals surface area contributed by atoms with E-state index in [0.717, 1.165) is 24.8 Å². The van der Waals surface area contributed by atoms with E-state index in [2.05, 4.69) is 0 Å². The van der Waals surface area contributed by atoms with Gasteiger partial charge in [0.2, 0.25) is 11.7 Å². The summed E-state index contributed by atoms with van der Waals surface area (Å²) >= 11 is 0. The fraction of sp³-hybridized carbons (Fsp3) is 0.611. The van der Waals surface area contributed by atoms with E-state index in [4.69, 9.17) is 9.47 Å². The molecule has 0 saturated carbocycles. The van der Waals surface area contributed by atoms with Crippen LogP contribution in [0.15, 0.2) is 22.5 Å². The topological polar surface area (TPSA) is 72.9 Å². The SMILES string of the molecule is COC1=C(C)C(=O)O[C@@]12C(=O)C(C)=C1CCCCN3C(=O)CC[C@]132. The summed E-state index contributed by atoms with van der Waals surface area (Å²) in [7, 11) is 1.46. The van der Waals surface area contributed by atoms with Gasteiger partial charge in [-0.25, -0.2) is 4.79 Å². The lowest BCUT2D eigenvalue weighted by atomic mass is 9.73. The summed E-state index contributed by atoms with van der Waals surface area (Å²) in [5, 5.41) is 0. The zero-order valence-corrected chi connectivity index (χ0v) is 14.2. The first kappa shape index (κ1) is 15.4. The van der Waals surface area contributed by atoms with Crippen LogP contribution in [-0.4, -0.2) is 47.4 Å². The smallest absolute Gasteiger partial charge is 0.338 e. The molecule has 2 fully saturated rings. The lowest BCUT2D eigenvalue weighted by Gasteiger charge is -2.45. The summed E-state index contributed by atoms with van der Waals surface area (Å²) in [6.07, 6.45) is 3.39. The second-order valence-corrected chi connectivity index (χ2v) is 7.02. The molecule has 4 aliphatic rings. The van der Waals surface area contributed by atoms with E-state index in [1.807, 2.05) is 0 Å². The average Bonchev–Trinajstić information content (AvgIpc) is 3.00. The van der Waals surface area contributed by atoms with Gasteiger partial charge in [-0.1, -0.05) is 0 Å². The first-order valence-corrected chi connectivity index (χ1v) is 8.46. The first-order chi connectivity index (χ1) is 11.4. The van der Waals surface area contributed by atoms with Crippen molar-refractivity contribution in [3.8, 4) is 0 Å². The highest BCUT2D eigenvalue weighted by Crippen LogP contribution is 2.60. The van der Waals surface area contributed by atoms with Crippen LogP contribution in [-0.2, 0) is 23.9 Å². The highest BCUT2D eigenvalue weighted by Gasteiger charge is 2.76. The second kappa shape index (κ2) is 4.71. The van der Waals surface area contributed by atoms with E-state index in [1.54, 1.807) is 18.7 Å². The minimum absolute atomic E-state index is 0.0207. The molecule has 6 nitrogen and oxygen atoms in total. The number of amides is 1. The van der Waals surface area contributed by atoms with Gasteiger partial charge in [-0.05, 0) is 50.7 Å². The maximum Gasteiger partial charge on any atom is 0.338 e. The molecule has 1 amide bonds. The Morgan fingerprint density at radius 3 is 2.54 bits per heavy atom. The number of rotatable bonds is 1. The molecule has 0 N–H and O–H groups in total. The summed E-state index contributed by atoms with van der Waals surface area (Å²) < 4.78 is 11.3. The first-order valence-electron chi connectivity index (χ1n) is 8.46. The van der Waals surface area contributed by atoms with E-state index >= 15 is 0 Å². The maximum atomic E-state index is 13.3. The number of ether oxygens (including phenoxy) is 2. The molecule has 128 valence electrons. The van der Waals surface area contributed by atoms with Crippen molar-refractivity contribution in [3.05, 3.63) is 22.5 Å². The molecule has 3 aliphatic heterocycles. The molecule has 2 spiro atoms. The molecule has 24 heavy (non-hydrogen) atoms. The molecule has 0 aromatic carbocycles. The number of methoxy groups -OCH3 is 1. The lowest BCUT2D eigenvalue weighted by molar-refractivity contribution is -0.168. The van der Waals surface area contributed by atoms with Crippen molar-refractivity contribution in [2.24, 2.45) is 0 Å². The van der Waals surface area contributed by atoms with Crippen LogP contribution >= 0.6 is 0 Å². The van der Waals surface area contributed by atoms with Crippen molar-refractivity contribution in [2.45, 2.75) is 57.1 Å². The van der Waals surface area contributed by atoms with Crippen LogP contribution in [0.5, 0.6) is 0 Å². The standard InChI is InChI=1S/C18H21NO5/c1-10-12-6-4-5-9-19-13(20)7-8-17(12,19)18(14(10)21)15(23-3)11(2)16(22)24-18/h4-9H2,1-3H3/t17-,18+/m1/s1. The monoisotopic (exact) mass is 331 g/mol. The quantitative estimate of drug-likeness (QED) is 0.683. The van der Waals surface area contributed by atoms with Crippen molar-refractivity contribution in [2.75, 3.05) is 13.7 Å². The molecule has 0 radical (unpaired) electrons. The van der Waals surface area contributed by atoms with E-state index in [1.165, 1.54) is 7.11 Å². The van der Waals surface area contributed by atoms with E-state index in [0.29, 0.717) is 30.5 Å². The zero-order valence-electron chi connectivity index (χ0n) is 14.2. The van der Waals surface area contributed by atoms with Gasteiger partial charge >= 0.3 is 5.97 Å². The molecule has 6 heteroatoms. The Balaban J connectivity index is 2.05. The van der Waals surface area contributed by atoms with Gasteiger partial charge in [-0.3, -0.25) is 9.59 Å². The molecule has 2 atom stereocenters. The third-order valence-electron chi connectivity index (χ3n) is 6.13. The second-order valence-electron chi connectivity index (χ2n) is 7.02. The molecule has 0 bridgehead atoms. The van der Waals surface area contributed by atoms with E-state index < -0.39 is 17.1 Å². The largest absolute Gasteiger partial charge is 0.496 e. The van der Waals surface area contributed by atoms with Gasteiger partial charge in [0.15, 0.2) is 5.76 Å². The van der Waals surface area contributed by atoms with Crippen LogP contribution in [0.2, 0.25) is 0 Å². The fourth-order valence-corrected chi connectivity index (χ4v) is 5.18. The number of carbonyl (C=O) groups excluding carboxylic acids is 3. The van der Waals surface area contributed by atoms with Crippen molar-refractivity contribution in [1.82, 2.24) is 4.90 Å². The number of ketones is 1. The van der Waals surface area contributed by atoms with Crippen LogP contribution in [0, 0.1) is 0 Å². The normalized spacial score (nSPS) is 35.6. The summed E-state index contributed by atoms with van der Waals surface area (Å²) in [5.41, 5.74) is -0.543. The van der Waals surface area contributed by atoms with Gasteiger partial charge in [0.1, 0.15) is 5.54 Å². The van der Waals surface area contributed by atoms with Crippen molar-refractivity contribution < 1.29 is 23.9 Å². The van der Waals surface area contributed by atoms with Crippen LogP contribution in [0.4, 0.5) is 0 Å². The summed E-state index contributed by atoms with van der Waals surface area (Å²) in [5.74, 6) is -0.478. The minimum Gasteiger partial charge on any atom is -0.496 e. The average molecular weight is 331 g/mol. The predicted octanol–water partition coefficient (Wildman–Crippen LogP) is 1.65. The molecular weight excluding hydrogens is 310 g/mol. The third kappa shape index (κ3) is 1.41. The summed E-state index contributed by atoms with van der Waals surface area (Å²) in [6, 6.07) is 0. The zero-order chi connectivity index (χ0) is 17.3. The van der Waals surface area contributed by atoms with Gasteiger partial charge < -0.3 is 14.4 Å². The molecule has 0 aromatic heterocycles. The van der Waals surface area contributed by atoms with Gasteiger partial charge in [-0.2, -0.15) is 0 Å². The Bertz CT molecular complexity index is 749. The van der Waals surface area contributed by atoms with Crippen molar-refractivity contribution in [1.29, 1.82) is 0 Å². The summed E-state index contributed by atoms with van der Waals surface area (Å²) in [4.78, 5) is 40.1. The van der Waals surface area contributed by atoms with Crippen LogP contribution in [0.3, 0.4) is 0 Å². The fourth-order valence-electron chi connectivity index (χ4n) is 5.18. The highest BCUT2D eigenvalue weighted by molar-refractivity contribution is 6.14. The third-order valence-corrected chi connectivity index (χ3v) is 6.13. The number of hydrogen-bond acceptors (Lipinski definition) is 5. The number of nitrogens with zero attached hydrogens (tertiary/aromatic N) is 1. The maximum absolute atomic E-state index is 13.3. The minimum atomic E-state index is -1.53. The van der Waals surface area contributed by atoms with Crippen molar-refractivity contribution >= 4 is 17.7 Å². The van der Waals surface area contributed by atoms with E-state index in [9.17, 15) is 14.4 Å². The number of carbonyl (C=O) groups is 3. The Morgan fingerprint density at radius 2 is 1.83 bits per heavy atom. The number of Topliss-reactive ketones (excluding diaryl/α,β-unsaturated/α-hetero) is 1. The Morgan fingerprint density at radius 1 is 1.08 bits per heavy atom. The number of hydrogen-bond donors (Lipinski definition) is 0. The summed E-state index contributed by atoms with van der Waals surface area (Å²) in [6.45, 7) is 3.98. The molecule has 4 rings (SSSR count). The molecule has 0 aromatic rings. The van der Waals surface area contributed by atoms with Crippen LogP contribution in [0.25, 0.3) is 0 Å². The Labute approximate surface area is 140 Å². The molecular formula is C18H21NO5. The van der Waals surface area contributed by atoms with Gasteiger partial charge in [0.25, 0.3) is 5.60 Å². The number of esters is 1. The van der Waals surface area contributed by atoms with Crippen LogP contribution < -0.4 is 0 Å². The molecule has 2 saturated heterocycles. The van der Waals surface area contributed by atoms with Gasteiger partial charge in [-0.15, -0.1) is 0 Å². The highest BCUT2D eigenvalue weighted by atomic mass is 16.6. The predicted molar refractivity (Wildman–Crippen MR) is 83.8 cm³/mol.